The van der Waals surface area contributed by atoms with E-state index in [1.807, 2.05) is 32.0 Å². The number of ether oxygens (including phenoxy) is 1. The van der Waals surface area contributed by atoms with Crippen LogP contribution in [0.2, 0.25) is 0 Å². The highest BCUT2D eigenvalue weighted by Crippen LogP contribution is 2.25. The van der Waals surface area contributed by atoms with Gasteiger partial charge in [0.25, 0.3) is 11.6 Å². The summed E-state index contributed by atoms with van der Waals surface area (Å²) in [5.41, 5.74) is 3.15. The van der Waals surface area contributed by atoms with Crippen LogP contribution in [0.5, 0.6) is 11.6 Å². The van der Waals surface area contributed by atoms with Crippen molar-refractivity contribution in [3.05, 3.63) is 92.7 Å². The molecular formula is C22H21N3O4. The van der Waals surface area contributed by atoms with Gasteiger partial charge in [-0.1, -0.05) is 30.3 Å². The number of nitrogens with one attached hydrogen (secondary N) is 1. The van der Waals surface area contributed by atoms with Crippen molar-refractivity contribution in [3.63, 3.8) is 0 Å². The van der Waals surface area contributed by atoms with Crippen molar-refractivity contribution in [2.75, 3.05) is 0 Å². The highest BCUT2D eigenvalue weighted by Gasteiger charge is 2.22. The number of nitro groups is 1. The molecule has 1 N–H and O–H groups in total. The lowest BCUT2D eigenvalue weighted by Gasteiger charge is -2.10. The molecule has 3 rings (SSSR count). The summed E-state index contributed by atoms with van der Waals surface area (Å²) in [6.45, 7) is 5.75. The van der Waals surface area contributed by atoms with Gasteiger partial charge >= 0.3 is 0 Å². The molecule has 0 fully saturated rings. The summed E-state index contributed by atoms with van der Waals surface area (Å²) in [5, 5.41) is 14.0. The van der Waals surface area contributed by atoms with Crippen LogP contribution in [0, 0.1) is 30.9 Å². The molecule has 0 saturated carbocycles. The first-order chi connectivity index (χ1) is 13.8. The average molecular weight is 391 g/mol. The van der Waals surface area contributed by atoms with E-state index in [4.69, 9.17) is 4.74 Å². The molecular weight excluding hydrogens is 370 g/mol. The van der Waals surface area contributed by atoms with E-state index in [1.165, 1.54) is 6.07 Å². The normalized spacial score (nSPS) is 10.4. The third-order valence-corrected chi connectivity index (χ3v) is 4.47. The average Bonchev–Trinajstić information content (AvgIpc) is 2.69. The number of hydrogen-bond acceptors (Lipinski definition) is 5. The quantitative estimate of drug-likeness (QED) is 0.488. The number of amides is 1. The van der Waals surface area contributed by atoms with Crippen molar-refractivity contribution in [2.24, 2.45) is 0 Å². The second kappa shape index (κ2) is 8.52. The smallest absolute Gasteiger partial charge is 0.285 e. The van der Waals surface area contributed by atoms with Crippen LogP contribution in [0.4, 0.5) is 5.69 Å². The summed E-state index contributed by atoms with van der Waals surface area (Å²) < 4.78 is 5.82. The molecule has 0 saturated heterocycles. The summed E-state index contributed by atoms with van der Waals surface area (Å²) in [5.74, 6) is 0.685. The Morgan fingerprint density at radius 3 is 2.59 bits per heavy atom. The van der Waals surface area contributed by atoms with E-state index < -0.39 is 10.8 Å². The Labute approximate surface area is 168 Å². The second-order valence-corrected chi connectivity index (χ2v) is 6.79. The van der Waals surface area contributed by atoms with Crippen molar-refractivity contribution >= 4 is 11.6 Å². The maximum absolute atomic E-state index is 12.4. The Morgan fingerprint density at radius 1 is 1.10 bits per heavy atom. The molecule has 1 amide bonds. The molecule has 0 bridgehead atoms. The third kappa shape index (κ3) is 4.76. The molecule has 0 atom stereocenters. The Balaban J connectivity index is 1.66. The summed E-state index contributed by atoms with van der Waals surface area (Å²) in [4.78, 5) is 27.4. The Morgan fingerprint density at radius 2 is 1.90 bits per heavy atom. The number of pyridine rings is 1. The van der Waals surface area contributed by atoms with Gasteiger partial charge in [-0.05, 0) is 49.6 Å². The number of nitro benzene ring substituents is 1. The zero-order chi connectivity index (χ0) is 21.0. The monoisotopic (exact) mass is 391 g/mol. The van der Waals surface area contributed by atoms with Crippen LogP contribution >= 0.6 is 0 Å². The van der Waals surface area contributed by atoms with E-state index >= 15 is 0 Å². The zero-order valence-corrected chi connectivity index (χ0v) is 16.4. The van der Waals surface area contributed by atoms with Crippen molar-refractivity contribution in [1.82, 2.24) is 10.3 Å². The van der Waals surface area contributed by atoms with Gasteiger partial charge in [0.15, 0.2) is 0 Å². The number of rotatable bonds is 6. The molecule has 148 valence electrons. The number of benzene rings is 2. The van der Waals surface area contributed by atoms with Gasteiger partial charge in [-0.3, -0.25) is 14.9 Å². The predicted octanol–water partition coefficient (Wildman–Crippen LogP) is 4.64. The van der Waals surface area contributed by atoms with Crippen LogP contribution < -0.4 is 10.1 Å². The molecule has 7 nitrogen and oxygen atoms in total. The van der Waals surface area contributed by atoms with Gasteiger partial charge in [0, 0.05) is 24.4 Å². The number of aromatic nitrogens is 1. The van der Waals surface area contributed by atoms with E-state index in [1.54, 1.807) is 37.4 Å². The van der Waals surface area contributed by atoms with Crippen LogP contribution in [0.1, 0.15) is 32.6 Å². The van der Waals surface area contributed by atoms with Gasteiger partial charge in [0.05, 0.1) is 4.92 Å². The van der Waals surface area contributed by atoms with Crippen molar-refractivity contribution in [3.8, 4) is 11.6 Å². The van der Waals surface area contributed by atoms with Crippen LogP contribution in [0.25, 0.3) is 0 Å². The lowest BCUT2D eigenvalue weighted by atomic mass is 10.1. The molecule has 7 heteroatoms. The molecule has 0 aliphatic rings. The summed E-state index contributed by atoms with van der Waals surface area (Å²) >= 11 is 0. The van der Waals surface area contributed by atoms with Gasteiger partial charge in [-0.2, -0.15) is 0 Å². The Hall–Kier alpha value is -3.74. The van der Waals surface area contributed by atoms with Gasteiger partial charge in [0.1, 0.15) is 11.3 Å². The van der Waals surface area contributed by atoms with Gasteiger partial charge in [-0.15, -0.1) is 0 Å². The summed E-state index contributed by atoms with van der Waals surface area (Å²) in [6, 6.07) is 14.1. The van der Waals surface area contributed by atoms with Crippen LogP contribution in [0.15, 0.2) is 54.7 Å². The van der Waals surface area contributed by atoms with Crippen LogP contribution in [-0.4, -0.2) is 15.8 Å². The van der Waals surface area contributed by atoms with Crippen molar-refractivity contribution in [2.45, 2.75) is 27.3 Å². The van der Waals surface area contributed by atoms with E-state index in [2.05, 4.69) is 10.3 Å². The minimum absolute atomic E-state index is 0.0397. The second-order valence-electron chi connectivity index (χ2n) is 6.79. The topological polar surface area (TPSA) is 94.4 Å². The number of carbonyl (C=O) groups excluding carboxylic acids is 1. The molecule has 0 radical (unpaired) electrons. The van der Waals surface area contributed by atoms with Gasteiger partial charge in [0.2, 0.25) is 5.88 Å². The molecule has 3 aromatic rings. The predicted molar refractivity (Wildman–Crippen MR) is 109 cm³/mol. The number of carbonyl (C=O) groups is 1. The maximum atomic E-state index is 12.4. The standard InChI is InChI=1S/C22H21N3O4/c1-14-7-8-15(2)19(11-14)29-20-10-9-17(12-23-20)13-24-22(26)18-6-4-5-16(3)21(18)25(27)28/h4-12H,13H2,1-3H3,(H,24,26). The summed E-state index contributed by atoms with van der Waals surface area (Å²) in [6.07, 6.45) is 1.60. The molecule has 0 aliphatic heterocycles. The maximum Gasteiger partial charge on any atom is 0.285 e. The SMILES string of the molecule is Cc1ccc(C)c(Oc2ccc(CNC(=O)c3cccc(C)c3[N+](=O)[O-])cn2)c1. The first-order valence-electron chi connectivity index (χ1n) is 9.07. The molecule has 1 heterocycles. The fraction of sp³-hybridized carbons (Fsp3) is 0.182. The number of aryl methyl sites for hydroxylation is 3. The first-order valence-corrected chi connectivity index (χ1v) is 9.07. The summed E-state index contributed by atoms with van der Waals surface area (Å²) in [7, 11) is 0. The van der Waals surface area contributed by atoms with Gasteiger partial charge < -0.3 is 10.1 Å². The highest BCUT2D eigenvalue weighted by atomic mass is 16.6. The van der Waals surface area contributed by atoms with Crippen LogP contribution in [-0.2, 0) is 6.54 Å². The zero-order valence-electron chi connectivity index (χ0n) is 16.4. The largest absolute Gasteiger partial charge is 0.439 e. The van der Waals surface area contributed by atoms with Gasteiger partial charge in [-0.25, -0.2) is 4.98 Å². The lowest BCUT2D eigenvalue weighted by Crippen LogP contribution is -2.24. The van der Waals surface area contributed by atoms with Crippen molar-refractivity contribution < 1.29 is 14.5 Å². The first kappa shape index (κ1) is 20.0. The minimum atomic E-state index is -0.536. The Bertz CT molecular complexity index is 1060. The van der Waals surface area contributed by atoms with E-state index in [0.29, 0.717) is 11.4 Å². The molecule has 29 heavy (non-hydrogen) atoms. The fourth-order valence-electron chi connectivity index (χ4n) is 2.87. The van der Waals surface area contributed by atoms with Crippen LogP contribution in [0.3, 0.4) is 0 Å². The highest BCUT2D eigenvalue weighted by molar-refractivity contribution is 5.98. The number of nitrogens with zero attached hydrogens (tertiary/aromatic N) is 2. The van der Waals surface area contributed by atoms with E-state index in [0.717, 1.165) is 22.4 Å². The molecule has 0 spiro atoms. The fourth-order valence-corrected chi connectivity index (χ4v) is 2.87. The molecule has 2 aromatic carbocycles. The molecule has 0 unspecified atom stereocenters. The number of hydrogen-bond donors (Lipinski definition) is 1. The van der Waals surface area contributed by atoms with E-state index in [-0.39, 0.29) is 17.8 Å². The minimum Gasteiger partial charge on any atom is -0.439 e. The number of para-hydroxylation sites is 1. The molecule has 0 aliphatic carbocycles. The van der Waals surface area contributed by atoms with Crippen molar-refractivity contribution in [1.29, 1.82) is 0 Å². The Kier molecular flexibility index (Phi) is 5.87. The van der Waals surface area contributed by atoms with E-state index in [9.17, 15) is 14.9 Å². The molecule has 1 aromatic heterocycles. The lowest BCUT2D eigenvalue weighted by molar-refractivity contribution is -0.385. The third-order valence-electron chi connectivity index (χ3n) is 4.47.